The number of rotatable bonds is 1. The first-order valence-electron chi connectivity index (χ1n) is 4.61. The maximum absolute atomic E-state index is 11.0. The molecule has 0 bridgehead atoms. The Kier molecular flexibility index (Phi) is 6.96. The van der Waals surface area contributed by atoms with E-state index in [2.05, 4.69) is 0 Å². The molecule has 1 N–H and O–H groups in total. The predicted molar refractivity (Wildman–Crippen MR) is 59.0 cm³/mol. The molecule has 1 rings (SSSR count). The maximum atomic E-state index is 11.0. The SMILES string of the molecule is ClC(Cl)c1ccccc1.OC(C(F)(F)F)C(F)(F)F. The van der Waals surface area contributed by atoms with E-state index in [0.717, 1.165) is 5.56 Å². The van der Waals surface area contributed by atoms with E-state index in [4.69, 9.17) is 28.3 Å². The average molecular weight is 329 g/mol. The fraction of sp³-hybridized carbons (Fsp3) is 0.400. The van der Waals surface area contributed by atoms with Gasteiger partial charge in [-0.3, -0.25) is 0 Å². The molecule has 0 atom stereocenters. The summed E-state index contributed by atoms with van der Waals surface area (Å²) in [5.41, 5.74) is 0.945. The number of halogens is 8. The zero-order valence-electron chi connectivity index (χ0n) is 9.01. The second kappa shape index (κ2) is 7.21. The van der Waals surface area contributed by atoms with Gasteiger partial charge >= 0.3 is 12.4 Å². The summed E-state index contributed by atoms with van der Waals surface area (Å²) in [6, 6.07) is 9.54. The number of benzene rings is 1. The van der Waals surface area contributed by atoms with Crippen LogP contribution in [0.1, 0.15) is 10.4 Å². The molecule has 0 aliphatic rings. The molecular formula is C10H8Cl2F6O. The Morgan fingerprint density at radius 1 is 0.842 bits per heavy atom. The minimum Gasteiger partial charge on any atom is -0.377 e. The molecule has 0 unspecified atom stereocenters. The van der Waals surface area contributed by atoms with Gasteiger partial charge in [-0.1, -0.05) is 30.3 Å². The molecule has 0 saturated carbocycles. The second-order valence-corrected chi connectivity index (χ2v) is 4.29. The van der Waals surface area contributed by atoms with Gasteiger partial charge in [-0.15, -0.1) is 23.2 Å². The summed E-state index contributed by atoms with van der Waals surface area (Å²) in [6.45, 7) is 0. The largest absolute Gasteiger partial charge is 0.423 e. The van der Waals surface area contributed by atoms with E-state index in [1.54, 1.807) is 0 Å². The number of aliphatic hydroxyl groups is 1. The molecule has 0 aromatic heterocycles. The first-order valence-corrected chi connectivity index (χ1v) is 5.48. The third kappa shape index (κ3) is 7.49. The van der Waals surface area contributed by atoms with Gasteiger partial charge < -0.3 is 5.11 Å². The van der Waals surface area contributed by atoms with Crippen LogP contribution in [0.25, 0.3) is 0 Å². The van der Waals surface area contributed by atoms with Gasteiger partial charge in [0.25, 0.3) is 0 Å². The van der Waals surface area contributed by atoms with Gasteiger partial charge in [0.2, 0.25) is 6.10 Å². The van der Waals surface area contributed by atoms with Crippen LogP contribution in [0.3, 0.4) is 0 Å². The van der Waals surface area contributed by atoms with Crippen LogP contribution in [-0.2, 0) is 0 Å². The van der Waals surface area contributed by atoms with E-state index >= 15 is 0 Å². The molecule has 0 amide bonds. The van der Waals surface area contributed by atoms with E-state index in [9.17, 15) is 26.3 Å². The minimum absolute atomic E-state index is 0.397. The predicted octanol–water partition coefficient (Wildman–Crippen LogP) is 4.63. The van der Waals surface area contributed by atoms with Crippen molar-refractivity contribution < 1.29 is 31.4 Å². The van der Waals surface area contributed by atoms with E-state index < -0.39 is 23.3 Å². The molecule has 0 aliphatic carbocycles. The molecule has 0 saturated heterocycles. The van der Waals surface area contributed by atoms with Crippen molar-refractivity contribution in [3.05, 3.63) is 35.9 Å². The first kappa shape index (κ1) is 18.3. The molecule has 19 heavy (non-hydrogen) atoms. The van der Waals surface area contributed by atoms with Crippen LogP contribution in [-0.4, -0.2) is 23.6 Å². The summed E-state index contributed by atoms with van der Waals surface area (Å²) in [6.07, 6.45) is -15.5. The number of aliphatic hydroxyl groups excluding tert-OH is 1. The molecular weight excluding hydrogens is 321 g/mol. The number of hydrogen-bond donors (Lipinski definition) is 1. The van der Waals surface area contributed by atoms with Crippen LogP contribution in [0.2, 0.25) is 0 Å². The van der Waals surface area contributed by atoms with Crippen LogP contribution < -0.4 is 0 Å². The van der Waals surface area contributed by atoms with E-state index in [0.29, 0.717) is 0 Å². The van der Waals surface area contributed by atoms with Gasteiger partial charge in [0.1, 0.15) is 4.84 Å². The maximum Gasteiger partial charge on any atom is 0.423 e. The normalized spacial score (nSPS) is 12.4. The molecule has 0 radical (unpaired) electrons. The lowest BCUT2D eigenvalue weighted by atomic mass is 10.2. The van der Waals surface area contributed by atoms with Crippen molar-refractivity contribution in [1.29, 1.82) is 0 Å². The summed E-state index contributed by atoms with van der Waals surface area (Å²) >= 11 is 11.1. The molecule has 1 aromatic rings. The summed E-state index contributed by atoms with van der Waals surface area (Å²) in [5, 5.41) is 7.47. The van der Waals surface area contributed by atoms with Crippen molar-refractivity contribution in [2.75, 3.05) is 0 Å². The zero-order valence-corrected chi connectivity index (χ0v) is 10.5. The Labute approximate surface area is 114 Å². The quantitative estimate of drug-likeness (QED) is 0.588. The van der Waals surface area contributed by atoms with E-state index in [1.807, 2.05) is 30.3 Å². The summed E-state index contributed by atoms with van der Waals surface area (Å²) in [7, 11) is 0. The van der Waals surface area contributed by atoms with Crippen molar-refractivity contribution in [1.82, 2.24) is 0 Å². The Morgan fingerprint density at radius 2 is 1.21 bits per heavy atom. The minimum atomic E-state index is -5.63. The highest BCUT2D eigenvalue weighted by Crippen LogP contribution is 2.32. The molecule has 0 heterocycles. The molecule has 0 fully saturated rings. The van der Waals surface area contributed by atoms with Crippen LogP contribution in [0, 0.1) is 0 Å². The highest BCUT2D eigenvalue weighted by atomic mass is 35.5. The third-order valence-corrected chi connectivity index (χ3v) is 2.18. The lowest BCUT2D eigenvalue weighted by Crippen LogP contribution is -2.41. The summed E-state index contributed by atoms with van der Waals surface area (Å²) in [5.74, 6) is 0. The van der Waals surface area contributed by atoms with Crippen LogP contribution in [0.5, 0.6) is 0 Å². The van der Waals surface area contributed by atoms with Crippen LogP contribution in [0.15, 0.2) is 30.3 Å². The van der Waals surface area contributed by atoms with Gasteiger partial charge in [-0.25, -0.2) is 0 Å². The highest BCUT2D eigenvalue weighted by molar-refractivity contribution is 6.44. The molecule has 9 heteroatoms. The number of hydrogen-bond acceptors (Lipinski definition) is 1. The monoisotopic (exact) mass is 328 g/mol. The zero-order chi connectivity index (χ0) is 15.3. The molecule has 0 spiro atoms. The van der Waals surface area contributed by atoms with Crippen molar-refractivity contribution in [2.45, 2.75) is 23.3 Å². The number of alkyl halides is 8. The first-order chi connectivity index (χ1) is 8.46. The standard InChI is InChI=1S/C7H6Cl2.C3H2F6O/c8-7(9)6-4-2-1-3-5-6;4-2(5,6)1(10)3(7,8)9/h1-5,7H;1,10H. The van der Waals surface area contributed by atoms with Crippen LogP contribution in [0.4, 0.5) is 26.3 Å². The van der Waals surface area contributed by atoms with Crippen molar-refractivity contribution in [3.8, 4) is 0 Å². The van der Waals surface area contributed by atoms with E-state index in [-0.39, 0.29) is 0 Å². The van der Waals surface area contributed by atoms with Gasteiger partial charge in [0.05, 0.1) is 0 Å². The molecule has 0 aliphatic heterocycles. The van der Waals surface area contributed by atoms with Gasteiger partial charge in [-0.05, 0) is 5.56 Å². The summed E-state index contributed by atoms with van der Waals surface area (Å²) in [4.78, 5) is -0.397. The van der Waals surface area contributed by atoms with Crippen molar-refractivity contribution >= 4 is 23.2 Å². The fourth-order valence-electron chi connectivity index (χ4n) is 0.784. The van der Waals surface area contributed by atoms with Crippen molar-refractivity contribution in [3.63, 3.8) is 0 Å². The van der Waals surface area contributed by atoms with Gasteiger partial charge in [0.15, 0.2) is 0 Å². The Bertz CT molecular complexity index is 349. The topological polar surface area (TPSA) is 20.2 Å². The summed E-state index contributed by atoms with van der Waals surface area (Å²) < 4.78 is 65.9. The second-order valence-electron chi connectivity index (χ2n) is 3.20. The van der Waals surface area contributed by atoms with Crippen molar-refractivity contribution in [2.24, 2.45) is 0 Å². The van der Waals surface area contributed by atoms with Gasteiger partial charge in [0, 0.05) is 0 Å². The third-order valence-electron chi connectivity index (χ3n) is 1.67. The lowest BCUT2D eigenvalue weighted by molar-refractivity contribution is -0.308. The Morgan fingerprint density at radius 3 is 1.37 bits per heavy atom. The van der Waals surface area contributed by atoms with E-state index in [1.165, 1.54) is 0 Å². The molecule has 1 aromatic carbocycles. The lowest BCUT2D eigenvalue weighted by Gasteiger charge is -2.16. The highest BCUT2D eigenvalue weighted by Gasteiger charge is 2.55. The van der Waals surface area contributed by atoms with Gasteiger partial charge in [-0.2, -0.15) is 26.3 Å². The smallest absolute Gasteiger partial charge is 0.377 e. The Hall–Kier alpha value is -0.660. The molecule has 110 valence electrons. The van der Waals surface area contributed by atoms with Crippen LogP contribution >= 0.6 is 23.2 Å². The average Bonchev–Trinajstić information content (AvgIpc) is 2.27. The molecule has 1 nitrogen and oxygen atoms in total. The fourth-order valence-corrected chi connectivity index (χ4v) is 1.08. The Balaban J connectivity index is 0.000000342.